The molecule has 154 valence electrons. The minimum Gasteiger partial charge on any atom is -0.451 e. The number of aromatic nitrogens is 1. The lowest BCUT2D eigenvalue weighted by Crippen LogP contribution is -2.44. The molecule has 1 heterocycles. The van der Waals surface area contributed by atoms with E-state index in [0.717, 1.165) is 0 Å². The van der Waals surface area contributed by atoms with Gasteiger partial charge in [-0.05, 0) is 38.5 Å². The lowest BCUT2D eigenvalue weighted by Gasteiger charge is -2.31. The van der Waals surface area contributed by atoms with Crippen LogP contribution in [0.2, 0.25) is 5.02 Å². The highest BCUT2D eigenvalue weighted by molar-refractivity contribution is 6.32. The number of halogens is 3. The van der Waals surface area contributed by atoms with Crippen LogP contribution >= 0.6 is 24.0 Å². The molecule has 0 aliphatic carbocycles. The average Bonchev–Trinajstić information content (AvgIpc) is 2.57. The fourth-order valence-electron chi connectivity index (χ4n) is 2.84. The van der Waals surface area contributed by atoms with E-state index in [-0.39, 0.29) is 35.6 Å². The first-order valence-corrected chi connectivity index (χ1v) is 8.94. The number of nitrogens with two attached hydrogens (primary N) is 2. The summed E-state index contributed by atoms with van der Waals surface area (Å²) in [6, 6.07) is 5.95. The second-order valence-corrected chi connectivity index (χ2v) is 7.34. The second kappa shape index (κ2) is 9.91. The van der Waals surface area contributed by atoms with Gasteiger partial charge in [-0.2, -0.15) is 0 Å². The maximum Gasteiger partial charge on any atom is 0.219 e. The molecule has 0 saturated heterocycles. The summed E-state index contributed by atoms with van der Waals surface area (Å²) >= 11 is 6.14. The second-order valence-electron chi connectivity index (χ2n) is 6.93. The van der Waals surface area contributed by atoms with Gasteiger partial charge in [0, 0.05) is 23.6 Å². The Bertz CT molecular complexity index is 816. The Hall–Kier alpha value is -2.09. The summed E-state index contributed by atoms with van der Waals surface area (Å²) in [5.41, 5.74) is 10.6. The molecule has 1 atom stereocenters. The van der Waals surface area contributed by atoms with Crippen molar-refractivity contribution in [2.45, 2.75) is 45.2 Å². The van der Waals surface area contributed by atoms with E-state index in [2.05, 4.69) is 10.3 Å². The molecule has 0 fully saturated rings. The molecule has 28 heavy (non-hydrogen) atoms. The Morgan fingerprint density at radius 3 is 2.57 bits per heavy atom. The average molecular weight is 431 g/mol. The van der Waals surface area contributed by atoms with Gasteiger partial charge in [-0.15, -0.1) is 12.4 Å². The molecular weight excluding hydrogens is 406 g/mol. The lowest BCUT2D eigenvalue weighted by atomic mass is 9.95. The maximum absolute atomic E-state index is 15.2. The molecule has 5 N–H and O–H groups in total. The van der Waals surface area contributed by atoms with E-state index < -0.39 is 17.3 Å². The van der Waals surface area contributed by atoms with Gasteiger partial charge in [0.1, 0.15) is 11.6 Å². The van der Waals surface area contributed by atoms with E-state index in [4.69, 9.17) is 27.8 Å². The van der Waals surface area contributed by atoms with Gasteiger partial charge in [-0.25, -0.2) is 9.37 Å². The summed E-state index contributed by atoms with van der Waals surface area (Å²) < 4.78 is 20.8. The normalized spacial score (nSPS) is 12.2. The van der Waals surface area contributed by atoms with Gasteiger partial charge in [0.2, 0.25) is 5.91 Å². The molecule has 6 nitrogen and oxygen atoms in total. The molecule has 0 aliphatic heterocycles. The Morgan fingerprint density at radius 2 is 2.04 bits per heavy atom. The van der Waals surface area contributed by atoms with E-state index in [1.54, 1.807) is 24.3 Å². The van der Waals surface area contributed by atoms with Gasteiger partial charge in [0.25, 0.3) is 0 Å². The summed E-state index contributed by atoms with van der Waals surface area (Å²) in [5, 5.41) is 3.42. The van der Waals surface area contributed by atoms with Crippen LogP contribution in [0.3, 0.4) is 0 Å². The third-order valence-corrected chi connectivity index (χ3v) is 4.32. The number of pyridine rings is 1. The molecule has 2 aromatic rings. The van der Waals surface area contributed by atoms with Crippen molar-refractivity contribution in [1.82, 2.24) is 10.3 Å². The molecule has 1 aromatic carbocycles. The number of primary amides is 1. The SMILES string of the molecule is CC[C@@H](NC(C)(C)CC(N)=O)c1ccc(Cl)c(Oc2ccc(N)nc2)c1F.Cl. The molecule has 9 heteroatoms. The number of carbonyl (C=O) groups is 1. The Labute approximate surface area is 175 Å². The van der Waals surface area contributed by atoms with Crippen molar-refractivity contribution >= 4 is 35.7 Å². The van der Waals surface area contributed by atoms with Gasteiger partial charge in [0.05, 0.1) is 11.2 Å². The van der Waals surface area contributed by atoms with Gasteiger partial charge in [-0.3, -0.25) is 4.79 Å². The third-order valence-electron chi connectivity index (χ3n) is 4.02. The summed E-state index contributed by atoms with van der Waals surface area (Å²) in [7, 11) is 0. The van der Waals surface area contributed by atoms with Crippen LogP contribution in [0, 0.1) is 5.82 Å². The number of nitrogen functional groups attached to an aromatic ring is 1. The molecular formula is C19H25Cl2FN4O2. The van der Waals surface area contributed by atoms with E-state index >= 15 is 4.39 Å². The van der Waals surface area contributed by atoms with Crippen molar-refractivity contribution < 1.29 is 13.9 Å². The zero-order valence-electron chi connectivity index (χ0n) is 16.0. The highest BCUT2D eigenvalue weighted by Crippen LogP contribution is 2.37. The number of anilines is 1. The van der Waals surface area contributed by atoms with E-state index in [9.17, 15) is 4.79 Å². The van der Waals surface area contributed by atoms with Crippen molar-refractivity contribution in [1.29, 1.82) is 0 Å². The van der Waals surface area contributed by atoms with Crippen molar-refractivity contribution in [3.63, 3.8) is 0 Å². The van der Waals surface area contributed by atoms with Crippen molar-refractivity contribution in [3.05, 3.63) is 46.9 Å². The number of hydrogen-bond donors (Lipinski definition) is 3. The molecule has 1 amide bonds. The fraction of sp³-hybridized carbons (Fsp3) is 0.368. The van der Waals surface area contributed by atoms with Crippen LogP contribution in [0.1, 0.15) is 45.2 Å². The molecule has 0 aliphatic rings. The summed E-state index contributed by atoms with van der Waals surface area (Å²) in [6.45, 7) is 5.59. The zero-order valence-corrected chi connectivity index (χ0v) is 17.5. The topological polar surface area (TPSA) is 103 Å². The van der Waals surface area contributed by atoms with Gasteiger partial charge < -0.3 is 21.5 Å². The molecule has 2 rings (SSSR count). The number of rotatable bonds is 8. The van der Waals surface area contributed by atoms with Gasteiger partial charge >= 0.3 is 0 Å². The highest BCUT2D eigenvalue weighted by Gasteiger charge is 2.27. The molecule has 0 spiro atoms. The minimum absolute atomic E-state index is 0. The van der Waals surface area contributed by atoms with Crippen LogP contribution in [-0.2, 0) is 4.79 Å². The molecule has 0 unspecified atom stereocenters. The van der Waals surface area contributed by atoms with E-state index in [1.165, 1.54) is 6.20 Å². The number of carbonyl (C=O) groups excluding carboxylic acids is 1. The van der Waals surface area contributed by atoms with Crippen molar-refractivity contribution in [3.8, 4) is 11.5 Å². The summed E-state index contributed by atoms with van der Waals surface area (Å²) in [6.07, 6.45) is 2.10. The quantitative estimate of drug-likeness (QED) is 0.576. The molecule has 1 aromatic heterocycles. The van der Waals surface area contributed by atoms with Crippen molar-refractivity contribution in [2.75, 3.05) is 5.73 Å². The summed E-state index contributed by atoms with van der Waals surface area (Å²) in [4.78, 5) is 15.2. The Kier molecular flexibility index (Phi) is 8.48. The monoisotopic (exact) mass is 430 g/mol. The first-order chi connectivity index (χ1) is 12.6. The Balaban J connectivity index is 0.00000392. The predicted molar refractivity (Wildman–Crippen MR) is 111 cm³/mol. The van der Waals surface area contributed by atoms with E-state index in [0.29, 0.717) is 23.6 Å². The Morgan fingerprint density at radius 1 is 1.36 bits per heavy atom. The van der Waals surface area contributed by atoms with Crippen LogP contribution in [-0.4, -0.2) is 16.4 Å². The minimum atomic E-state index is -0.597. The van der Waals surface area contributed by atoms with Crippen LogP contribution in [0.15, 0.2) is 30.5 Å². The third kappa shape index (κ3) is 6.22. The van der Waals surface area contributed by atoms with Crippen molar-refractivity contribution in [2.24, 2.45) is 5.73 Å². The summed E-state index contributed by atoms with van der Waals surface area (Å²) in [5.74, 6) is -0.451. The highest BCUT2D eigenvalue weighted by atomic mass is 35.5. The molecule has 0 bridgehead atoms. The van der Waals surface area contributed by atoms with Crippen LogP contribution < -0.4 is 21.5 Å². The van der Waals surface area contributed by atoms with Crippen LogP contribution in [0.25, 0.3) is 0 Å². The molecule has 0 saturated carbocycles. The molecule has 0 radical (unpaired) electrons. The maximum atomic E-state index is 15.2. The lowest BCUT2D eigenvalue weighted by molar-refractivity contribution is -0.119. The predicted octanol–water partition coefficient (Wildman–Crippen LogP) is 4.37. The number of nitrogens with zero attached hydrogens (tertiary/aromatic N) is 1. The van der Waals surface area contributed by atoms with Crippen LogP contribution in [0.4, 0.5) is 10.2 Å². The van der Waals surface area contributed by atoms with Gasteiger partial charge in [-0.1, -0.05) is 24.6 Å². The first-order valence-electron chi connectivity index (χ1n) is 8.56. The van der Waals surface area contributed by atoms with Crippen LogP contribution in [0.5, 0.6) is 11.5 Å². The number of ether oxygens (including phenoxy) is 1. The number of benzene rings is 1. The van der Waals surface area contributed by atoms with Gasteiger partial charge in [0.15, 0.2) is 11.6 Å². The number of amides is 1. The smallest absolute Gasteiger partial charge is 0.219 e. The zero-order chi connectivity index (χ0) is 20.2. The fourth-order valence-corrected chi connectivity index (χ4v) is 3.02. The standard InChI is InChI=1S/C19H24ClFN4O2.ClH/c1-4-14(25-19(2,3)9-16(23)26)12-6-7-13(20)18(17(12)21)27-11-5-8-15(22)24-10-11;/h5-8,10,14,25H,4,9H2,1-3H3,(H2,22,24)(H2,23,26);1H/t14-;/m1./s1. The van der Waals surface area contributed by atoms with E-state index in [1.807, 2.05) is 20.8 Å². The number of hydrogen-bond acceptors (Lipinski definition) is 5. The largest absolute Gasteiger partial charge is 0.451 e. The number of nitrogens with one attached hydrogen (secondary N) is 1. The first kappa shape index (κ1) is 23.9.